The Balaban J connectivity index is 2.26. The standard InChI is InChI=1S/C21H24Cl2N2O3/c1-4-24-21(27)14(2)25(13-16-6-5-7-17(10-16)28-3)20(26)12-15-8-9-18(22)19(23)11-15/h5-11,14H,4,12-13H2,1-3H3,(H,24,27). The van der Waals surface area contributed by atoms with Crippen LogP contribution in [0.3, 0.4) is 0 Å². The summed E-state index contributed by atoms with van der Waals surface area (Å²) in [5.41, 5.74) is 1.61. The van der Waals surface area contributed by atoms with Gasteiger partial charge in [0.15, 0.2) is 0 Å². The first-order valence-electron chi connectivity index (χ1n) is 8.99. The molecule has 0 aliphatic rings. The lowest BCUT2D eigenvalue weighted by atomic mass is 10.1. The minimum atomic E-state index is -0.624. The van der Waals surface area contributed by atoms with Gasteiger partial charge in [-0.15, -0.1) is 0 Å². The summed E-state index contributed by atoms with van der Waals surface area (Å²) in [6.07, 6.45) is 0.116. The van der Waals surface area contributed by atoms with Crippen molar-refractivity contribution in [3.05, 3.63) is 63.6 Å². The number of rotatable bonds is 8. The van der Waals surface area contributed by atoms with Crippen molar-refractivity contribution < 1.29 is 14.3 Å². The molecule has 2 aromatic carbocycles. The van der Waals surface area contributed by atoms with E-state index in [1.807, 2.05) is 31.2 Å². The van der Waals surface area contributed by atoms with Gasteiger partial charge in [-0.05, 0) is 49.2 Å². The molecular formula is C21H24Cl2N2O3. The number of nitrogens with one attached hydrogen (secondary N) is 1. The van der Waals surface area contributed by atoms with E-state index >= 15 is 0 Å². The number of halogens is 2. The molecule has 1 unspecified atom stereocenters. The third-order valence-corrected chi connectivity index (χ3v) is 5.08. The molecule has 5 nitrogen and oxygen atoms in total. The number of carbonyl (C=O) groups is 2. The van der Waals surface area contributed by atoms with E-state index in [-0.39, 0.29) is 24.8 Å². The molecule has 0 saturated heterocycles. The summed E-state index contributed by atoms with van der Waals surface area (Å²) < 4.78 is 5.25. The number of ether oxygens (including phenoxy) is 1. The van der Waals surface area contributed by atoms with E-state index in [9.17, 15) is 9.59 Å². The minimum Gasteiger partial charge on any atom is -0.497 e. The Kier molecular flexibility index (Phi) is 8.15. The maximum Gasteiger partial charge on any atom is 0.242 e. The van der Waals surface area contributed by atoms with Crippen molar-refractivity contribution >= 4 is 35.0 Å². The highest BCUT2D eigenvalue weighted by Gasteiger charge is 2.26. The lowest BCUT2D eigenvalue weighted by Gasteiger charge is -2.29. The summed E-state index contributed by atoms with van der Waals surface area (Å²) in [5.74, 6) is 0.313. The first-order chi connectivity index (χ1) is 13.3. The summed E-state index contributed by atoms with van der Waals surface area (Å²) in [6.45, 7) is 4.35. The number of hydrogen-bond acceptors (Lipinski definition) is 3. The van der Waals surface area contributed by atoms with Crippen molar-refractivity contribution in [2.24, 2.45) is 0 Å². The molecule has 0 bridgehead atoms. The zero-order valence-electron chi connectivity index (χ0n) is 16.2. The first kappa shape index (κ1) is 22.1. The maximum atomic E-state index is 13.1. The summed E-state index contributed by atoms with van der Waals surface area (Å²) in [6, 6.07) is 11.9. The summed E-state index contributed by atoms with van der Waals surface area (Å²) in [5, 5.41) is 3.60. The van der Waals surface area contributed by atoms with Crippen LogP contribution in [0.4, 0.5) is 0 Å². The smallest absolute Gasteiger partial charge is 0.242 e. The number of nitrogens with zero attached hydrogens (tertiary/aromatic N) is 1. The highest BCUT2D eigenvalue weighted by molar-refractivity contribution is 6.42. The highest BCUT2D eigenvalue weighted by atomic mass is 35.5. The van der Waals surface area contributed by atoms with E-state index in [0.29, 0.717) is 22.3 Å². The first-order valence-corrected chi connectivity index (χ1v) is 9.75. The van der Waals surface area contributed by atoms with Crippen molar-refractivity contribution in [2.75, 3.05) is 13.7 Å². The van der Waals surface area contributed by atoms with Gasteiger partial charge in [-0.1, -0.05) is 41.4 Å². The van der Waals surface area contributed by atoms with Crippen LogP contribution >= 0.6 is 23.2 Å². The average Bonchev–Trinajstić information content (AvgIpc) is 2.68. The van der Waals surface area contributed by atoms with Crippen LogP contribution in [-0.2, 0) is 22.6 Å². The van der Waals surface area contributed by atoms with E-state index in [0.717, 1.165) is 11.1 Å². The second-order valence-electron chi connectivity index (χ2n) is 6.37. The predicted octanol–water partition coefficient (Wildman–Crippen LogP) is 4.10. The number of likely N-dealkylation sites (N-methyl/N-ethyl adjacent to an activating group) is 1. The molecule has 1 N–H and O–H groups in total. The third-order valence-electron chi connectivity index (χ3n) is 4.34. The Bertz CT molecular complexity index is 842. The van der Waals surface area contributed by atoms with E-state index in [4.69, 9.17) is 27.9 Å². The zero-order chi connectivity index (χ0) is 20.7. The Morgan fingerprint density at radius 3 is 2.50 bits per heavy atom. The zero-order valence-corrected chi connectivity index (χ0v) is 17.7. The van der Waals surface area contributed by atoms with Gasteiger partial charge in [-0.3, -0.25) is 9.59 Å². The average molecular weight is 423 g/mol. The van der Waals surface area contributed by atoms with Crippen LogP contribution in [0.15, 0.2) is 42.5 Å². The van der Waals surface area contributed by atoms with Crippen molar-refractivity contribution in [2.45, 2.75) is 32.9 Å². The molecule has 150 valence electrons. The van der Waals surface area contributed by atoms with Gasteiger partial charge in [0.2, 0.25) is 11.8 Å². The number of carbonyl (C=O) groups excluding carboxylic acids is 2. The van der Waals surface area contributed by atoms with Gasteiger partial charge in [-0.25, -0.2) is 0 Å². The fraction of sp³-hybridized carbons (Fsp3) is 0.333. The molecule has 2 rings (SSSR count). The second-order valence-corrected chi connectivity index (χ2v) is 7.18. The van der Waals surface area contributed by atoms with Gasteiger partial charge in [0.05, 0.1) is 23.6 Å². The summed E-state index contributed by atoms with van der Waals surface area (Å²) in [7, 11) is 1.59. The van der Waals surface area contributed by atoms with E-state index in [2.05, 4.69) is 5.32 Å². The van der Waals surface area contributed by atoms with Gasteiger partial charge in [0, 0.05) is 13.1 Å². The summed E-state index contributed by atoms with van der Waals surface area (Å²) in [4.78, 5) is 27.0. The SMILES string of the molecule is CCNC(=O)C(C)N(Cc1cccc(OC)c1)C(=O)Cc1ccc(Cl)c(Cl)c1. The maximum absolute atomic E-state index is 13.1. The quantitative estimate of drug-likeness (QED) is 0.696. The molecule has 0 aliphatic heterocycles. The van der Waals surface area contributed by atoms with Gasteiger partial charge in [0.1, 0.15) is 11.8 Å². The van der Waals surface area contributed by atoms with Gasteiger partial charge >= 0.3 is 0 Å². The van der Waals surface area contributed by atoms with E-state index < -0.39 is 6.04 Å². The molecular weight excluding hydrogens is 399 g/mol. The van der Waals surface area contributed by atoms with Gasteiger partial charge in [0.25, 0.3) is 0 Å². The van der Waals surface area contributed by atoms with Crippen LogP contribution in [0.1, 0.15) is 25.0 Å². The molecule has 0 saturated carbocycles. The van der Waals surface area contributed by atoms with Gasteiger partial charge < -0.3 is 15.0 Å². The molecule has 0 aliphatic carbocycles. The Morgan fingerprint density at radius 2 is 1.86 bits per heavy atom. The minimum absolute atomic E-state index is 0.116. The fourth-order valence-corrected chi connectivity index (χ4v) is 3.12. The molecule has 7 heteroatoms. The lowest BCUT2D eigenvalue weighted by molar-refractivity contribution is -0.140. The number of amides is 2. The Hall–Kier alpha value is -2.24. The number of methoxy groups -OCH3 is 1. The fourth-order valence-electron chi connectivity index (χ4n) is 2.80. The Labute approximate surface area is 175 Å². The molecule has 0 fully saturated rings. The largest absolute Gasteiger partial charge is 0.497 e. The molecule has 2 amide bonds. The van der Waals surface area contributed by atoms with Crippen LogP contribution in [0, 0.1) is 0 Å². The van der Waals surface area contributed by atoms with Gasteiger partial charge in [-0.2, -0.15) is 0 Å². The molecule has 0 spiro atoms. The number of benzene rings is 2. The molecule has 0 heterocycles. The molecule has 0 aromatic heterocycles. The van der Waals surface area contributed by atoms with E-state index in [1.165, 1.54) is 0 Å². The third kappa shape index (κ3) is 5.88. The van der Waals surface area contributed by atoms with Crippen molar-refractivity contribution in [3.8, 4) is 5.75 Å². The van der Waals surface area contributed by atoms with E-state index in [1.54, 1.807) is 37.1 Å². The monoisotopic (exact) mass is 422 g/mol. The van der Waals surface area contributed by atoms with Crippen LogP contribution in [0.2, 0.25) is 10.0 Å². The normalized spacial score (nSPS) is 11.6. The second kappa shape index (κ2) is 10.3. The van der Waals surface area contributed by atoms with Crippen molar-refractivity contribution in [1.29, 1.82) is 0 Å². The topological polar surface area (TPSA) is 58.6 Å². The Morgan fingerprint density at radius 1 is 1.11 bits per heavy atom. The highest BCUT2D eigenvalue weighted by Crippen LogP contribution is 2.23. The lowest BCUT2D eigenvalue weighted by Crippen LogP contribution is -2.48. The molecule has 0 radical (unpaired) electrons. The van der Waals surface area contributed by atoms with Crippen LogP contribution < -0.4 is 10.1 Å². The molecule has 28 heavy (non-hydrogen) atoms. The molecule has 1 atom stereocenters. The van der Waals surface area contributed by atoms with Crippen molar-refractivity contribution in [3.63, 3.8) is 0 Å². The number of hydrogen-bond donors (Lipinski definition) is 1. The van der Waals surface area contributed by atoms with Crippen LogP contribution in [0.5, 0.6) is 5.75 Å². The van der Waals surface area contributed by atoms with Crippen molar-refractivity contribution in [1.82, 2.24) is 10.2 Å². The molecule has 2 aromatic rings. The van der Waals surface area contributed by atoms with Crippen LogP contribution in [0.25, 0.3) is 0 Å². The predicted molar refractivity (Wildman–Crippen MR) is 112 cm³/mol. The summed E-state index contributed by atoms with van der Waals surface area (Å²) >= 11 is 12.0. The van der Waals surface area contributed by atoms with Crippen LogP contribution in [-0.4, -0.2) is 36.4 Å².